The molecule has 1 aromatic carbocycles. The van der Waals surface area contributed by atoms with Crippen LogP contribution in [0.4, 0.5) is 0 Å². The van der Waals surface area contributed by atoms with E-state index < -0.39 is 0 Å². The highest BCUT2D eigenvalue weighted by molar-refractivity contribution is 5.75. The van der Waals surface area contributed by atoms with Gasteiger partial charge in [-0.2, -0.15) is 0 Å². The maximum Gasteiger partial charge on any atom is 0.313 e. The number of rotatable bonds is 5. The van der Waals surface area contributed by atoms with E-state index in [2.05, 4.69) is 0 Å². The predicted molar refractivity (Wildman–Crippen MR) is 78.7 cm³/mol. The summed E-state index contributed by atoms with van der Waals surface area (Å²) in [6.07, 6.45) is 1.78. The first-order chi connectivity index (χ1) is 8.91. The summed E-state index contributed by atoms with van der Waals surface area (Å²) in [5, 5.41) is 0. The summed E-state index contributed by atoms with van der Waals surface area (Å²) < 4.78 is 5.58. The number of ether oxygens (including phenoxy) is 1. The Morgan fingerprint density at radius 3 is 2.16 bits per heavy atom. The van der Waals surface area contributed by atoms with Crippen molar-refractivity contribution < 1.29 is 9.53 Å². The van der Waals surface area contributed by atoms with Crippen LogP contribution in [0, 0.1) is 11.8 Å². The first-order valence-electron chi connectivity index (χ1n) is 6.82. The van der Waals surface area contributed by atoms with E-state index >= 15 is 0 Å². The van der Waals surface area contributed by atoms with Crippen LogP contribution in [0.2, 0.25) is 0 Å². The topological polar surface area (TPSA) is 26.3 Å². The van der Waals surface area contributed by atoms with Crippen LogP contribution in [0.1, 0.15) is 46.3 Å². The van der Waals surface area contributed by atoms with Gasteiger partial charge in [0, 0.05) is 0 Å². The second-order valence-electron chi connectivity index (χ2n) is 5.50. The van der Waals surface area contributed by atoms with Gasteiger partial charge in [-0.15, -0.1) is 0 Å². The molecule has 2 atom stereocenters. The van der Waals surface area contributed by atoms with Crippen LogP contribution in [0.15, 0.2) is 42.0 Å². The lowest BCUT2D eigenvalue weighted by molar-refractivity contribution is -0.153. The van der Waals surface area contributed by atoms with E-state index in [9.17, 15) is 4.79 Å². The highest BCUT2D eigenvalue weighted by Gasteiger charge is 2.23. The molecule has 0 spiro atoms. The zero-order valence-corrected chi connectivity index (χ0v) is 12.5. The summed E-state index contributed by atoms with van der Waals surface area (Å²) in [4.78, 5) is 12.2. The minimum atomic E-state index is -0.208. The molecular formula is C17H24O2. The molecule has 0 aromatic heterocycles. The van der Waals surface area contributed by atoms with Gasteiger partial charge in [0.05, 0.1) is 5.92 Å². The molecule has 2 nitrogen and oxygen atoms in total. The standard InChI is InChI=1S/C17H24O2/c1-12(2)11-16(13(3)4)17(18)19-14(5)15-9-7-6-8-10-15/h6-11,13-14,16H,1-5H3. The lowest BCUT2D eigenvalue weighted by atomic mass is 9.94. The van der Waals surface area contributed by atoms with E-state index in [1.54, 1.807) is 0 Å². The zero-order chi connectivity index (χ0) is 14.4. The first kappa shape index (κ1) is 15.5. The Morgan fingerprint density at radius 2 is 1.68 bits per heavy atom. The largest absolute Gasteiger partial charge is 0.457 e. The van der Waals surface area contributed by atoms with E-state index in [0.29, 0.717) is 0 Å². The summed E-state index contributed by atoms with van der Waals surface area (Å²) in [6, 6.07) is 9.82. The Morgan fingerprint density at radius 1 is 1.11 bits per heavy atom. The first-order valence-corrected chi connectivity index (χ1v) is 6.82. The molecule has 1 aromatic rings. The SMILES string of the molecule is CC(C)=CC(C(=O)OC(C)c1ccccc1)C(C)C. The van der Waals surface area contributed by atoms with E-state index in [1.807, 2.05) is 71.0 Å². The molecule has 2 heteroatoms. The molecular weight excluding hydrogens is 236 g/mol. The van der Waals surface area contributed by atoms with E-state index in [1.165, 1.54) is 0 Å². The van der Waals surface area contributed by atoms with Gasteiger partial charge in [-0.3, -0.25) is 4.79 Å². The highest BCUT2D eigenvalue weighted by atomic mass is 16.5. The van der Waals surface area contributed by atoms with Crippen molar-refractivity contribution in [3.8, 4) is 0 Å². The quantitative estimate of drug-likeness (QED) is 0.574. The van der Waals surface area contributed by atoms with Crippen molar-refractivity contribution in [2.24, 2.45) is 11.8 Å². The normalized spacial score (nSPS) is 13.8. The molecule has 0 aliphatic heterocycles. The van der Waals surface area contributed by atoms with Gasteiger partial charge < -0.3 is 4.74 Å². The van der Waals surface area contributed by atoms with Crippen LogP contribution >= 0.6 is 0 Å². The van der Waals surface area contributed by atoms with Crippen molar-refractivity contribution >= 4 is 5.97 Å². The summed E-state index contributed by atoms with van der Waals surface area (Å²) >= 11 is 0. The third-order valence-corrected chi connectivity index (χ3v) is 3.07. The fraction of sp³-hybridized carbons (Fsp3) is 0.471. The van der Waals surface area contributed by atoms with Crippen molar-refractivity contribution in [1.29, 1.82) is 0 Å². The average molecular weight is 260 g/mol. The summed E-state index contributed by atoms with van der Waals surface area (Å²) in [5.74, 6) is -0.0749. The molecule has 2 unspecified atom stereocenters. The van der Waals surface area contributed by atoms with Gasteiger partial charge in [0.15, 0.2) is 0 Å². The third-order valence-electron chi connectivity index (χ3n) is 3.07. The van der Waals surface area contributed by atoms with Crippen LogP contribution in [0.3, 0.4) is 0 Å². The number of carbonyl (C=O) groups excluding carboxylic acids is 1. The van der Waals surface area contributed by atoms with Crippen molar-refractivity contribution in [2.75, 3.05) is 0 Å². The average Bonchev–Trinajstić information content (AvgIpc) is 2.36. The summed E-state index contributed by atoms with van der Waals surface area (Å²) in [7, 11) is 0. The van der Waals surface area contributed by atoms with Crippen molar-refractivity contribution in [2.45, 2.75) is 40.7 Å². The maximum atomic E-state index is 12.2. The molecule has 0 saturated heterocycles. The third kappa shape index (κ3) is 4.90. The van der Waals surface area contributed by atoms with Gasteiger partial charge >= 0.3 is 5.97 Å². The lowest BCUT2D eigenvalue weighted by Crippen LogP contribution is -2.22. The predicted octanol–water partition coefficient (Wildman–Crippen LogP) is 4.53. The number of esters is 1. The Labute approximate surface area is 116 Å². The Bertz CT molecular complexity index is 428. The number of hydrogen-bond acceptors (Lipinski definition) is 2. The van der Waals surface area contributed by atoms with Crippen molar-refractivity contribution in [3.05, 3.63) is 47.5 Å². The van der Waals surface area contributed by atoms with Gasteiger partial charge in [0.1, 0.15) is 6.10 Å². The monoisotopic (exact) mass is 260 g/mol. The number of benzene rings is 1. The molecule has 104 valence electrons. The van der Waals surface area contributed by atoms with Crippen LogP contribution in [0.5, 0.6) is 0 Å². The summed E-state index contributed by atoms with van der Waals surface area (Å²) in [6.45, 7) is 10.00. The number of allylic oxidation sites excluding steroid dienone is 1. The van der Waals surface area contributed by atoms with Crippen LogP contribution in [-0.2, 0) is 9.53 Å². The van der Waals surface area contributed by atoms with Gasteiger partial charge in [-0.25, -0.2) is 0 Å². The Hall–Kier alpha value is -1.57. The second kappa shape index (κ2) is 7.13. The minimum Gasteiger partial charge on any atom is -0.457 e. The highest BCUT2D eigenvalue weighted by Crippen LogP contribution is 2.22. The smallest absolute Gasteiger partial charge is 0.313 e. The summed E-state index contributed by atoms with van der Waals surface area (Å²) in [5.41, 5.74) is 2.17. The van der Waals surface area contributed by atoms with Crippen molar-refractivity contribution in [1.82, 2.24) is 0 Å². The fourth-order valence-electron chi connectivity index (χ4n) is 1.94. The molecule has 0 aliphatic carbocycles. The lowest BCUT2D eigenvalue weighted by Gasteiger charge is -2.20. The molecule has 19 heavy (non-hydrogen) atoms. The molecule has 0 fully saturated rings. The molecule has 0 heterocycles. The van der Waals surface area contributed by atoms with Crippen molar-refractivity contribution in [3.63, 3.8) is 0 Å². The molecule has 0 saturated carbocycles. The Kier molecular flexibility index (Phi) is 5.81. The van der Waals surface area contributed by atoms with Gasteiger partial charge in [-0.05, 0) is 32.3 Å². The molecule has 0 aliphatic rings. The molecule has 0 amide bonds. The minimum absolute atomic E-state index is 0.146. The zero-order valence-electron chi connectivity index (χ0n) is 12.5. The fourth-order valence-corrected chi connectivity index (χ4v) is 1.94. The van der Waals surface area contributed by atoms with Crippen LogP contribution in [0.25, 0.3) is 0 Å². The second-order valence-corrected chi connectivity index (χ2v) is 5.50. The van der Waals surface area contributed by atoms with Crippen LogP contribution < -0.4 is 0 Å². The maximum absolute atomic E-state index is 12.2. The number of hydrogen-bond donors (Lipinski definition) is 0. The van der Waals surface area contributed by atoms with Gasteiger partial charge in [-0.1, -0.05) is 55.8 Å². The molecule has 0 radical (unpaired) electrons. The van der Waals surface area contributed by atoms with E-state index in [-0.39, 0.29) is 23.9 Å². The van der Waals surface area contributed by atoms with E-state index in [0.717, 1.165) is 11.1 Å². The molecule has 0 bridgehead atoms. The van der Waals surface area contributed by atoms with Gasteiger partial charge in [0.25, 0.3) is 0 Å². The van der Waals surface area contributed by atoms with Crippen LogP contribution in [-0.4, -0.2) is 5.97 Å². The number of carbonyl (C=O) groups is 1. The van der Waals surface area contributed by atoms with Gasteiger partial charge in [0.2, 0.25) is 0 Å². The molecule has 0 N–H and O–H groups in total. The van der Waals surface area contributed by atoms with E-state index in [4.69, 9.17) is 4.74 Å². The molecule has 1 rings (SSSR count). The Balaban J connectivity index is 2.75.